The minimum Gasteiger partial charge on any atom is -0.491 e. The monoisotopic (exact) mass is 528 g/mol. The number of piperidine rings is 2. The molecule has 0 aliphatic carbocycles. The third-order valence-corrected chi connectivity index (χ3v) is 11.0. The van der Waals surface area contributed by atoms with Crippen LogP contribution in [0.2, 0.25) is 0 Å². The fourth-order valence-electron chi connectivity index (χ4n) is 5.78. The van der Waals surface area contributed by atoms with E-state index in [1.165, 1.54) is 25.2 Å². The van der Waals surface area contributed by atoms with Gasteiger partial charge in [0.05, 0.1) is 11.9 Å². The predicted octanol–water partition coefficient (Wildman–Crippen LogP) is 1.97. The fourth-order valence-corrected chi connectivity index (χ4v) is 8.27. The van der Waals surface area contributed by atoms with Crippen LogP contribution in [-0.2, 0) is 26.7 Å². The zero-order valence-corrected chi connectivity index (χ0v) is 22.9. The predicted molar refractivity (Wildman–Crippen MR) is 137 cm³/mol. The van der Waals surface area contributed by atoms with Crippen LogP contribution in [-0.4, -0.2) is 88.5 Å². The molecule has 1 aromatic rings. The van der Waals surface area contributed by atoms with E-state index < -0.39 is 20.2 Å². The zero-order valence-electron chi connectivity index (χ0n) is 21.3. The van der Waals surface area contributed by atoms with Gasteiger partial charge in [-0.2, -0.15) is 17.0 Å². The van der Waals surface area contributed by atoms with Crippen LogP contribution in [0.5, 0.6) is 5.75 Å². The van der Waals surface area contributed by atoms with E-state index in [9.17, 15) is 16.8 Å². The average molecular weight is 529 g/mol. The summed E-state index contributed by atoms with van der Waals surface area (Å²) in [5.41, 5.74) is 2.60. The van der Waals surface area contributed by atoms with Crippen LogP contribution in [0, 0.1) is 5.92 Å². The maximum atomic E-state index is 13.4. The van der Waals surface area contributed by atoms with Crippen LogP contribution in [0.15, 0.2) is 18.2 Å². The third-order valence-electron chi connectivity index (χ3n) is 7.46. The molecule has 198 valence electrons. The quantitative estimate of drug-likeness (QED) is 0.492. The van der Waals surface area contributed by atoms with Crippen molar-refractivity contribution in [3.63, 3.8) is 0 Å². The number of sulfonamides is 1. The first-order valence-electron chi connectivity index (χ1n) is 12.7. The van der Waals surface area contributed by atoms with Crippen LogP contribution in [0.1, 0.15) is 56.7 Å². The van der Waals surface area contributed by atoms with Crippen molar-refractivity contribution in [1.82, 2.24) is 18.2 Å². The molecule has 0 radical (unpaired) electrons. The van der Waals surface area contributed by atoms with E-state index in [4.69, 9.17) is 4.74 Å². The van der Waals surface area contributed by atoms with Crippen molar-refractivity contribution in [3.05, 3.63) is 29.3 Å². The summed E-state index contributed by atoms with van der Waals surface area (Å²) >= 11 is 0. The SMILES string of the molecule is CC(C)Oc1ccc2c(c1)CCN1C[C@H]3CCCN(S(=O)(=O)CCCNS(=O)(=O)N(C)C)[C@H]3C[C@@H]21. The molecule has 0 aromatic heterocycles. The Bertz CT molecular complexity index is 1110. The lowest BCUT2D eigenvalue weighted by Gasteiger charge is -2.51. The van der Waals surface area contributed by atoms with Gasteiger partial charge in [-0.15, -0.1) is 0 Å². The van der Waals surface area contributed by atoms with Crippen molar-refractivity contribution in [2.45, 2.75) is 64.1 Å². The second kappa shape index (κ2) is 10.6. The normalized spacial score (nSPS) is 25.8. The van der Waals surface area contributed by atoms with E-state index in [-0.39, 0.29) is 36.9 Å². The molecule has 3 atom stereocenters. The highest BCUT2D eigenvalue weighted by atomic mass is 32.2. The van der Waals surface area contributed by atoms with E-state index in [2.05, 4.69) is 21.8 Å². The van der Waals surface area contributed by atoms with Gasteiger partial charge >= 0.3 is 0 Å². The van der Waals surface area contributed by atoms with Crippen LogP contribution < -0.4 is 9.46 Å². The first kappa shape index (κ1) is 26.8. The molecule has 0 saturated carbocycles. The van der Waals surface area contributed by atoms with Crippen molar-refractivity contribution in [2.75, 3.05) is 46.0 Å². The lowest BCUT2D eigenvalue weighted by Crippen LogP contribution is -2.57. The van der Waals surface area contributed by atoms with Crippen molar-refractivity contribution in [1.29, 1.82) is 0 Å². The molecule has 3 aliphatic heterocycles. The number of ether oxygens (including phenoxy) is 1. The Balaban J connectivity index is 1.46. The van der Waals surface area contributed by atoms with Crippen LogP contribution in [0.4, 0.5) is 0 Å². The summed E-state index contributed by atoms with van der Waals surface area (Å²) in [7, 11) is -4.14. The molecule has 9 nitrogen and oxygen atoms in total. The van der Waals surface area contributed by atoms with Crippen LogP contribution in [0.3, 0.4) is 0 Å². The molecule has 1 aromatic carbocycles. The van der Waals surface area contributed by atoms with Crippen molar-refractivity contribution < 1.29 is 21.6 Å². The summed E-state index contributed by atoms with van der Waals surface area (Å²) < 4.78 is 61.7. The molecule has 0 amide bonds. The number of benzene rings is 1. The minimum atomic E-state index is -3.55. The zero-order chi connectivity index (χ0) is 25.4. The number of nitrogens with zero attached hydrogens (tertiary/aromatic N) is 3. The standard InChI is InChI=1S/C24H40N4O5S2/c1-18(2)33-21-8-9-22-19(15-21)10-13-27-17-20-7-5-12-28(23(20)16-24(22)27)34(29,30)14-6-11-25-35(31,32)26(3)4/h8-9,15,18,20,23-25H,5-7,10-14,16-17H2,1-4H3/t20-,23+,24+/m1/s1. The lowest BCUT2D eigenvalue weighted by molar-refractivity contribution is 0.0219. The minimum absolute atomic E-state index is 0.00833. The van der Waals surface area contributed by atoms with Crippen LogP contribution >= 0.6 is 0 Å². The Morgan fingerprint density at radius 3 is 2.66 bits per heavy atom. The molecule has 4 rings (SSSR count). The first-order valence-corrected chi connectivity index (χ1v) is 15.7. The van der Waals surface area contributed by atoms with Gasteiger partial charge < -0.3 is 4.74 Å². The fraction of sp³-hybridized carbons (Fsp3) is 0.750. The second-order valence-corrected chi connectivity index (χ2v) is 14.5. The molecule has 0 unspecified atom stereocenters. The van der Waals surface area contributed by atoms with Gasteiger partial charge in [-0.3, -0.25) is 4.90 Å². The molecule has 2 fully saturated rings. The van der Waals surface area contributed by atoms with Crippen molar-refractivity contribution >= 4 is 20.2 Å². The highest BCUT2D eigenvalue weighted by Gasteiger charge is 2.45. The Morgan fingerprint density at radius 2 is 1.94 bits per heavy atom. The summed E-state index contributed by atoms with van der Waals surface area (Å²) in [4.78, 5) is 2.54. The Morgan fingerprint density at radius 1 is 1.17 bits per heavy atom. The van der Waals surface area contributed by atoms with E-state index in [1.807, 2.05) is 19.9 Å². The third kappa shape index (κ3) is 6.02. The largest absolute Gasteiger partial charge is 0.491 e. The summed E-state index contributed by atoms with van der Waals surface area (Å²) in [5.74, 6) is 1.19. The van der Waals surface area contributed by atoms with E-state index in [0.717, 1.165) is 48.8 Å². The van der Waals surface area contributed by atoms with Crippen molar-refractivity contribution in [2.24, 2.45) is 5.92 Å². The number of hydrogen-bond donors (Lipinski definition) is 1. The lowest BCUT2D eigenvalue weighted by atomic mass is 9.77. The Kier molecular flexibility index (Phi) is 8.14. The van der Waals surface area contributed by atoms with Crippen molar-refractivity contribution in [3.8, 4) is 5.75 Å². The summed E-state index contributed by atoms with van der Waals surface area (Å²) in [5, 5.41) is 0. The van der Waals surface area contributed by atoms with Crippen LogP contribution in [0.25, 0.3) is 0 Å². The highest BCUT2D eigenvalue weighted by molar-refractivity contribution is 7.89. The van der Waals surface area contributed by atoms with E-state index in [1.54, 1.807) is 4.31 Å². The average Bonchev–Trinajstić information content (AvgIpc) is 2.79. The number of nitrogens with one attached hydrogen (secondary N) is 1. The molecule has 0 spiro atoms. The molecular weight excluding hydrogens is 488 g/mol. The molecule has 2 saturated heterocycles. The topological polar surface area (TPSA) is 99.3 Å². The van der Waals surface area contributed by atoms with Gasteiger partial charge in [0.2, 0.25) is 10.0 Å². The number of hydrogen-bond acceptors (Lipinski definition) is 6. The van der Waals surface area contributed by atoms with Gasteiger partial charge in [-0.05, 0) is 75.1 Å². The number of rotatable bonds is 9. The maximum absolute atomic E-state index is 13.4. The number of fused-ring (bicyclic) bond motifs is 4. The smallest absolute Gasteiger partial charge is 0.278 e. The van der Waals surface area contributed by atoms with Gasteiger partial charge in [0.25, 0.3) is 10.2 Å². The van der Waals surface area contributed by atoms with Gasteiger partial charge in [0.15, 0.2) is 0 Å². The molecule has 0 bridgehead atoms. The molecular formula is C24H40N4O5S2. The Labute approximate surface area is 211 Å². The van der Waals surface area contributed by atoms with E-state index in [0.29, 0.717) is 12.5 Å². The Hall–Kier alpha value is -1.24. The highest BCUT2D eigenvalue weighted by Crippen LogP contribution is 2.44. The molecule has 3 aliphatic rings. The summed E-state index contributed by atoms with van der Waals surface area (Å²) in [6.07, 6.45) is 4.09. The second-order valence-electron chi connectivity index (χ2n) is 10.5. The van der Waals surface area contributed by atoms with Gasteiger partial charge in [0.1, 0.15) is 5.75 Å². The van der Waals surface area contributed by atoms with Gasteiger partial charge in [0, 0.05) is 52.4 Å². The maximum Gasteiger partial charge on any atom is 0.278 e. The van der Waals surface area contributed by atoms with Gasteiger partial charge in [-0.25, -0.2) is 13.1 Å². The summed E-state index contributed by atoms with van der Waals surface area (Å²) in [6, 6.07) is 6.58. The molecule has 3 heterocycles. The summed E-state index contributed by atoms with van der Waals surface area (Å²) in [6.45, 7) is 6.62. The van der Waals surface area contributed by atoms with E-state index >= 15 is 0 Å². The molecule has 1 N–H and O–H groups in total. The molecule has 35 heavy (non-hydrogen) atoms. The molecule has 11 heteroatoms. The first-order chi connectivity index (χ1) is 16.5. The van der Waals surface area contributed by atoms with Gasteiger partial charge in [-0.1, -0.05) is 6.07 Å².